The average Bonchev–Trinajstić information content (AvgIpc) is 2.44. The highest BCUT2D eigenvalue weighted by molar-refractivity contribution is 9.10. The summed E-state index contributed by atoms with van der Waals surface area (Å²) in [6.07, 6.45) is 3.41. The van der Waals surface area contributed by atoms with Crippen LogP contribution in [0.5, 0.6) is 0 Å². The fourth-order valence-electron chi connectivity index (χ4n) is 2.08. The number of rotatable bonds is 5. The molecule has 1 heterocycles. The van der Waals surface area contributed by atoms with E-state index in [9.17, 15) is 4.39 Å². The molecular formula is C15H16BrFN2. The summed E-state index contributed by atoms with van der Waals surface area (Å²) < 4.78 is 14.7. The van der Waals surface area contributed by atoms with Crippen LogP contribution in [0.25, 0.3) is 0 Å². The average molecular weight is 323 g/mol. The van der Waals surface area contributed by atoms with E-state index in [-0.39, 0.29) is 11.9 Å². The summed E-state index contributed by atoms with van der Waals surface area (Å²) >= 11 is 3.38. The predicted molar refractivity (Wildman–Crippen MR) is 78.5 cm³/mol. The summed E-state index contributed by atoms with van der Waals surface area (Å²) in [4.78, 5) is 4.29. The number of benzene rings is 1. The van der Waals surface area contributed by atoms with E-state index in [1.807, 2.05) is 31.3 Å². The monoisotopic (exact) mass is 322 g/mol. The van der Waals surface area contributed by atoms with Crippen molar-refractivity contribution in [3.63, 3.8) is 0 Å². The Kier molecular flexibility index (Phi) is 5.05. The number of pyridine rings is 1. The largest absolute Gasteiger partial charge is 0.313 e. The number of hydrogen-bond acceptors (Lipinski definition) is 2. The summed E-state index contributed by atoms with van der Waals surface area (Å²) in [5, 5.41) is 3.17. The van der Waals surface area contributed by atoms with Crippen LogP contribution >= 0.6 is 15.9 Å². The molecule has 0 aliphatic carbocycles. The van der Waals surface area contributed by atoms with Crippen LogP contribution in [-0.2, 0) is 6.42 Å². The predicted octanol–water partition coefficient (Wildman–Crippen LogP) is 3.88. The van der Waals surface area contributed by atoms with Crippen LogP contribution in [0.4, 0.5) is 4.39 Å². The Morgan fingerprint density at radius 3 is 2.84 bits per heavy atom. The number of aromatic nitrogens is 1. The van der Waals surface area contributed by atoms with Crippen LogP contribution in [0.15, 0.2) is 47.1 Å². The second-order valence-corrected chi connectivity index (χ2v) is 5.28. The second-order valence-electron chi connectivity index (χ2n) is 4.37. The minimum Gasteiger partial charge on any atom is -0.313 e. The number of aryl methyl sites for hydroxylation is 1. The van der Waals surface area contributed by atoms with Crippen molar-refractivity contribution in [2.75, 3.05) is 7.05 Å². The van der Waals surface area contributed by atoms with Gasteiger partial charge in [0.05, 0.1) is 0 Å². The van der Waals surface area contributed by atoms with Gasteiger partial charge in [0, 0.05) is 28.0 Å². The molecule has 4 heteroatoms. The molecule has 0 spiro atoms. The lowest BCUT2D eigenvalue weighted by Crippen LogP contribution is -2.18. The molecule has 0 aliphatic heterocycles. The van der Waals surface area contributed by atoms with Crippen LogP contribution < -0.4 is 5.32 Å². The molecule has 2 aromatic rings. The summed E-state index contributed by atoms with van der Waals surface area (Å²) in [6, 6.07) is 10.9. The summed E-state index contributed by atoms with van der Waals surface area (Å²) in [7, 11) is 1.85. The number of halogens is 2. The Hall–Kier alpha value is -1.26. The second kappa shape index (κ2) is 6.78. The van der Waals surface area contributed by atoms with Gasteiger partial charge in [-0.15, -0.1) is 0 Å². The first kappa shape index (κ1) is 14.2. The number of nitrogens with one attached hydrogen (secondary N) is 1. The zero-order valence-electron chi connectivity index (χ0n) is 10.7. The molecular weight excluding hydrogens is 307 g/mol. The third-order valence-electron chi connectivity index (χ3n) is 3.10. The Labute approximate surface area is 121 Å². The number of hydrogen-bond donors (Lipinski definition) is 1. The van der Waals surface area contributed by atoms with E-state index in [2.05, 4.69) is 26.2 Å². The lowest BCUT2D eigenvalue weighted by Gasteiger charge is -2.17. The van der Waals surface area contributed by atoms with Crippen molar-refractivity contribution in [1.29, 1.82) is 0 Å². The molecule has 0 radical (unpaired) electrons. The van der Waals surface area contributed by atoms with Crippen molar-refractivity contribution in [3.8, 4) is 0 Å². The van der Waals surface area contributed by atoms with Gasteiger partial charge in [-0.05, 0) is 50.2 Å². The van der Waals surface area contributed by atoms with Crippen molar-refractivity contribution < 1.29 is 4.39 Å². The first-order valence-corrected chi connectivity index (χ1v) is 7.02. The van der Waals surface area contributed by atoms with Crippen molar-refractivity contribution >= 4 is 15.9 Å². The lowest BCUT2D eigenvalue weighted by molar-refractivity contribution is 0.506. The maximum Gasteiger partial charge on any atom is 0.128 e. The highest BCUT2D eigenvalue weighted by Crippen LogP contribution is 2.24. The van der Waals surface area contributed by atoms with Crippen LogP contribution in [0.3, 0.4) is 0 Å². The standard InChI is InChI=1S/C15H16BrFN2/c1-18-15(8-6-12-4-2-3-9-19-12)13-10-11(16)5-7-14(13)17/h2-5,7,9-10,15,18H,6,8H2,1H3. The topological polar surface area (TPSA) is 24.9 Å². The molecule has 0 saturated heterocycles. The van der Waals surface area contributed by atoms with E-state index in [0.717, 1.165) is 23.0 Å². The molecule has 0 fully saturated rings. The molecule has 1 N–H and O–H groups in total. The van der Waals surface area contributed by atoms with E-state index in [1.54, 1.807) is 12.3 Å². The van der Waals surface area contributed by atoms with Crippen LogP contribution in [0.1, 0.15) is 23.7 Å². The van der Waals surface area contributed by atoms with E-state index >= 15 is 0 Å². The molecule has 2 nitrogen and oxygen atoms in total. The van der Waals surface area contributed by atoms with Gasteiger partial charge in [-0.3, -0.25) is 4.98 Å². The lowest BCUT2D eigenvalue weighted by atomic mass is 10.0. The molecule has 1 unspecified atom stereocenters. The van der Waals surface area contributed by atoms with Crippen molar-refractivity contribution in [2.24, 2.45) is 0 Å². The van der Waals surface area contributed by atoms with Gasteiger partial charge in [0.25, 0.3) is 0 Å². The molecule has 1 aromatic carbocycles. The van der Waals surface area contributed by atoms with Crippen molar-refractivity contribution in [1.82, 2.24) is 10.3 Å². The Morgan fingerprint density at radius 1 is 1.32 bits per heavy atom. The Balaban J connectivity index is 2.10. The van der Waals surface area contributed by atoms with Gasteiger partial charge >= 0.3 is 0 Å². The molecule has 0 aliphatic rings. The fourth-order valence-corrected chi connectivity index (χ4v) is 2.45. The normalized spacial score (nSPS) is 12.4. The van der Waals surface area contributed by atoms with Gasteiger partial charge in [-0.1, -0.05) is 22.0 Å². The number of nitrogens with zero attached hydrogens (tertiary/aromatic N) is 1. The van der Waals surface area contributed by atoms with Crippen molar-refractivity contribution in [3.05, 3.63) is 64.1 Å². The van der Waals surface area contributed by atoms with Gasteiger partial charge in [-0.2, -0.15) is 0 Å². The quantitative estimate of drug-likeness (QED) is 0.903. The molecule has 2 rings (SSSR count). The van der Waals surface area contributed by atoms with Gasteiger partial charge < -0.3 is 5.32 Å². The Morgan fingerprint density at radius 2 is 2.16 bits per heavy atom. The molecule has 0 saturated carbocycles. The van der Waals surface area contributed by atoms with E-state index < -0.39 is 0 Å². The van der Waals surface area contributed by atoms with E-state index in [1.165, 1.54) is 6.07 Å². The highest BCUT2D eigenvalue weighted by Gasteiger charge is 2.14. The molecule has 19 heavy (non-hydrogen) atoms. The third kappa shape index (κ3) is 3.85. The maximum absolute atomic E-state index is 13.9. The first-order valence-electron chi connectivity index (χ1n) is 6.23. The minimum absolute atomic E-state index is 0.0143. The zero-order valence-corrected chi connectivity index (χ0v) is 12.3. The highest BCUT2D eigenvalue weighted by atomic mass is 79.9. The smallest absolute Gasteiger partial charge is 0.128 e. The summed E-state index contributed by atoms with van der Waals surface area (Å²) in [5.41, 5.74) is 1.71. The van der Waals surface area contributed by atoms with Gasteiger partial charge in [0.1, 0.15) is 5.82 Å². The van der Waals surface area contributed by atoms with Gasteiger partial charge in [0.15, 0.2) is 0 Å². The minimum atomic E-state index is -0.177. The van der Waals surface area contributed by atoms with Crippen LogP contribution in [0.2, 0.25) is 0 Å². The molecule has 1 aromatic heterocycles. The van der Waals surface area contributed by atoms with Crippen LogP contribution in [0, 0.1) is 5.82 Å². The molecule has 100 valence electrons. The van der Waals surface area contributed by atoms with Crippen LogP contribution in [-0.4, -0.2) is 12.0 Å². The molecule has 0 bridgehead atoms. The fraction of sp³-hybridized carbons (Fsp3) is 0.267. The van der Waals surface area contributed by atoms with Crippen molar-refractivity contribution in [2.45, 2.75) is 18.9 Å². The maximum atomic E-state index is 13.9. The van der Waals surface area contributed by atoms with E-state index in [0.29, 0.717) is 5.56 Å². The molecule has 0 amide bonds. The SMILES string of the molecule is CNC(CCc1ccccn1)c1cc(Br)ccc1F. The third-order valence-corrected chi connectivity index (χ3v) is 3.59. The summed E-state index contributed by atoms with van der Waals surface area (Å²) in [6.45, 7) is 0. The Bertz CT molecular complexity index is 531. The first-order chi connectivity index (χ1) is 9.20. The van der Waals surface area contributed by atoms with E-state index in [4.69, 9.17) is 0 Å². The summed E-state index contributed by atoms with van der Waals surface area (Å²) in [5.74, 6) is -0.177. The van der Waals surface area contributed by atoms with Gasteiger partial charge in [0.2, 0.25) is 0 Å². The van der Waals surface area contributed by atoms with Gasteiger partial charge in [-0.25, -0.2) is 4.39 Å². The zero-order chi connectivity index (χ0) is 13.7. The molecule has 1 atom stereocenters.